The number of carbonyl (C=O) groups is 3. The van der Waals surface area contributed by atoms with Crippen LogP contribution in [0.5, 0.6) is 0 Å². The Morgan fingerprint density at radius 2 is 1.88 bits per heavy atom. The quantitative estimate of drug-likeness (QED) is 0.296. The molecule has 2 N–H and O–H groups in total. The number of alkyl halides is 2. The van der Waals surface area contributed by atoms with Gasteiger partial charge in [0.25, 0.3) is 5.92 Å². The summed E-state index contributed by atoms with van der Waals surface area (Å²) in [4.78, 5) is 61.1. The standard InChI is InChI=1S/C28H26F2N10O3/c1-14-5-6-31-24(35-14)22-23(28(22,29)30)26(42)37-20-8-19(33-13-34-20)32-9-17-11-39-10-16(15-3-4-15)7-18(25(39)36-17)40-12-21(41)38(2)27(40)43/h5-8,10-11,13,15,22-23H,3-4,9,12H2,1-2H3,(H2,32,33,34,37,42)/t22-,23-/m0/s1. The highest BCUT2D eigenvalue weighted by Crippen LogP contribution is 2.61. The number of fused-ring (bicyclic) bond motifs is 1. The third kappa shape index (κ3) is 4.79. The second kappa shape index (κ2) is 9.74. The summed E-state index contributed by atoms with van der Waals surface area (Å²) in [7, 11) is 1.46. The van der Waals surface area contributed by atoms with Gasteiger partial charge in [0.2, 0.25) is 11.8 Å². The molecule has 2 aliphatic carbocycles. The first-order valence-corrected chi connectivity index (χ1v) is 13.7. The minimum absolute atomic E-state index is 0.0550. The molecule has 0 radical (unpaired) electrons. The van der Waals surface area contributed by atoms with Crippen LogP contribution in [0.4, 0.5) is 30.9 Å². The number of likely N-dealkylation sites (N-methyl/N-ethyl adjacent to an activating group) is 1. The molecule has 2 atom stereocenters. The van der Waals surface area contributed by atoms with Gasteiger partial charge in [-0.2, -0.15) is 0 Å². The largest absolute Gasteiger partial charge is 0.364 e. The summed E-state index contributed by atoms with van der Waals surface area (Å²) in [6, 6.07) is 4.56. The molecular formula is C28H26F2N10O3. The number of anilines is 3. The molecule has 2 saturated carbocycles. The van der Waals surface area contributed by atoms with Gasteiger partial charge in [0, 0.05) is 37.4 Å². The van der Waals surface area contributed by atoms with E-state index >= 15 is 0 Å². The fraction of sp³-hybridized carbons (Fsp3) is 0.357. The predicted molar refractivity (Wildman–Crippen MR) is 149 cm³/mol. The fourth-order valence-electron chi connectivity index (χ4n) is 5.36. The number of halogens is 2. The van der Waals surface area contributed by atoms with Crippen LogP contribution in [0, 0.1) is 12.8 Å². The van der Waals surface area contributed by atoms with Crippen LogP contribution < -0.4 is 15.5 Å². The number of rotatable bonds is 8. The van der Waals surface area contributed by atoms with Crippen molar-refractivity contribution in [3.8, 4) is 0 Å². The van der Waals surface area contributed by atoms with E-state index in [2.05, 4.69) is 30.6 Å². The zero-order valence-corrected chi connectivity index (χ0v) is 23.2. The molecule has 0 spiro atoms. The van der Waals surface area contributed by atoms with Gasteiger partial charge in [-0.1, -0.05) is 0 Å². The van der Waals surface area contributed by atoms with Gasteiger partial charge in [-0.05, 0) is 43.4 Å². The van der Waals surface area contributed by atoms with Crippen LogP contribution in [-0.2, 0) is 16.1 Å². The highest BCUT2D eigenvalue weighted by Gasteiger charge is 2.74. The summed E-state index contributed by atoms with van der Waals surface area (Å²) in [6.45, 7) is 1.84. The Labute approximate surface area is 243 Å². The van der Waals surface area contributed by atoms with Crippen LogP contribution in [0.2, 0.25) is 0 Å². The van der Waals surface area contributed by atoms with E-state index in [0.29, 0.717) is 34.5 Å². The number of aryl methyl sites for hydroxylation is 1. The van der Waals surface area contributed by atoms with Crippen molar-refractivity contribution >= 4 is 40.8 Å². The first-order chi connectivity index (χ1) is 20.6. The molecule has 0 bridgehead atoms. The van der Waals surface area contributed by atoms with E-state index in [1.807, 2.05) is 22.9 Å². The molecule has 13 nitrogen and oxygen atoms in total. The van der Waals surface area contributed by atoms with E-state index in [4.69, 9.17) is 4.98 Å². The fourth-order valence-corrected chi connectivity index (χ4v) is 5.36. The number of nitrogens with zero attached hydrogens (tertiary/aromatic N) is 8. The third-order valence-electron chi connectivity index (χ3n) is 7.92. The number of aromatic nitrogens is 6. The van der Waals surface area contributed by atoms with Crippen molar-refractivity contribution in [2.24, 2.45) is 5.92 Å². The molecule has 4 aromatic heterocycles. The minimum Gasteiger partial charge on any atom is -0.364 e. The van der Waals surface area contributed by atoms with Gasteiger partial charge >= 0.3 is 6.03 Å². The summed E-state index contributed by atoms with van der Waals surface area (Å²) in [6.07, 6.45) is 8.54. The maximum Gasteiger partial charge on any atom is 0.331 e. The van der Waals surface area contributed by atoms with E-state index < -0.39 is 29.7 Å². The number of hydrogen-bond donors (Lipinski definition) is 2. The summed E-state index contributed by atoms with van der Waals surface area (Å²) >= 11 is 0. The molecule has 1 aliphatic heterocycles. The summed E-state index contributed by atoms with van der Waals surface area (Å²) in [5.41, 5.74) is 3.34. The lowest BCUT2D eigenvalue weighted by molar-refractivity contribution is -0.124. The minimum atomic E-state index is -3.27. The third-order valence-corrected chi connectivity index (χ3v) is 7.92. The van der Waals surface area contributed by atoms with Crippen molar-refractivity contribution < 1.29 is 23.2 Å². The average Bonchev–Trinajstić information content (AvgIpc) is 3.85. The smallest absolute Gasteiger partial charge is 0.331 e. The molecule has 15 heteroatoms. The maximum absolute atomic E-state index is 14.5. The molecule has 43 heavy (non-hydrogen) atoms. The van der Waals surface area contributed by atoms with E-state index in [-0.39, 0.29) is 30.6 Å². The van der Waals surface area contributed by atoms with E-state index in [9.17, 15) is 23.2 Å². The van der Waals surface area contributed by atoms with Crippen LogP contribution in [0.15, 0.2) is 43.1 Å². The molecule has 0 unspecified atom stereocenters. The normalized spacial score (nSPS) is 21.0. The first-order valence-electron chi connectivity index (χ1n) is 13.7. The zero-order valence-electron chi connectivity index (χ0n) is 23.2. The summed E-state index contributed by atoms with van der Waals surface area (Å²) in [5.74, 6) is -6.71. The zero-order chi connectivity index (χ0) is 30.0. The van der Waals surface area contributed by atoms with Gasteiger partial charge in [0.15, 0.2) is 5.65 Å². The number of nitrogens with one attached hydrogen (secondary N) is 2. The second-order valence-corrected chi connectivity index (χ2v) is 11.0. The van der Waals surface area contributed by atoms with Crippen molar-refractivity contribution in [2.45, 2.75) is 44.1 Å². The molecule has 4 amide bonds. The molecule has 1 saturated heterocycles. The lowest BCUT2D eigenvalue weighted by Crippen LogP contribution is -2.30. The highest BCUT2D eigenvalue weighted by atomic mass is 19.3. The Morgan fingerprint density at radius 1 is 1.09 bits per heavy atom. The summed E-state index contributed by atoms with van der Waals surface area (Å²) < 4.78 is 30.9. The van der Waals surface area contributed by atoms with Crippen LogP contribution in [0.3, 0.4) is 0 Å². The number of imide groups is 1. The molecular weight excluding hydrogens is 562 g/mol. The lowest BCUT2D eigenvalue weighted by atomic mass is 10.1. The van der Waals surface area contributed by atoms with Crippen LogP contribution >= 0.6 is 0 Å². The molecule has 4 aromatic rings. The Kier molecular flexibility index (Phi) is 6.07. The van der Waals surface area contributed by atoms with Gasteiger partial charge in [-0.3, -0.25) is 19.4 Å². The monoisotopic (exact) mass is 588 g/mol. The van der Waals surface area contributed by atoms with Crippen LogP contribution in [0.25, 0.3) is 5.65 Å². The number of carbonyl (C=O) groups excluding carboxylic acids is 3. The molecule has 220 valence electrons. The Bertz CT molecular complexity index is 1810. The molecule has 7 rings (SSSR count). The molecule has 3 aliphatic rings. The van der Waals surface area contributed by atoms with Gasteiger partial charge < -0.3 is 15.0 Å². The van der Waals surface area contributed by atoms with Crippen molar-refractivity contribution in [1.82, 2.24) is 34.2 Å². The van der Waals surface area contributed by atoms with Crippen molar-refractivity contribution in [3.63, 3.8) is 0 Å². The number of urea groups is 1. The van der Waals surface area contributed by atoms with E-state index in [1.165, 1.54) is 30.5 Å². The lowest BCUT2D eigenvalue weighted by Gasteiger charge is -2.17. The first kappa shape index (κ1) is 26.8. The maximum atomic E-state index is 14.5. The SMILES string of the molecule is Cc1ccnc([C@@H]2[C@@H](C(=O)Nc3cc(NCc4cn5cc(C6CC6)cc(N6CC(=O)N(C)C6=O)c5n4)ncn3)C2(F)F)n1. The predicted octanol–water partition coefficient (Wildman–Crippen LogP) is 3.10. The Balaban J connectivity index is 1.06. The van der Waals surface area contributed by atoms with Crippen molar-refractivity contribution in [1.29, 1.82) is 0 Å². The number of pyridine rings is 1. The molecule has 5 heterocycles. The van der Waals surface area contributed by atoms with Gasteiger partial charge in [0.1, 0.15) is 42.2 Å². The topological polar surface area (TPSA) is 151 Å². The van der Waals surface area contributed by atoms with Gasteiger partial charge in [-0.25, -0.2) is 38.5 Å². The van der Waals surface area contributed by atoms with Gasteiger partial charge in [0.05, 0.1) is 17.9 Å². The molecule has 0 aromatic carbocycles. The van der Waals surface area contributed by atoms with E-state index in [1.54, 1.807) is 13.0 Å². The number of imidazole rings is 1. The van der Waals surface area contributed by atoms with Crippen molar-refractivity contribution in [3.05, 3.63) is 65.9 Å². The van der Waals surface area contributed by atoms with E-state index in [0.717, 1.165) is 23.3 Å². The van der Waals surface area contributed by atoms with Crippen LogP contribution in [-0.4, -0.2) is 71.6 Å². The second-order valence-electron chi connectivity index (χ2n) is 11.0. The van der Waals surface area contributed by atoms with Crippen molar-refractivity contribution in [2.75, 3.05) is 29.1 Å². The van der Waals surface area contributed by atoms with Gasteiger partial charge in [-0.15, -0.1) is 0 Å². The Hall–Kier alpha value is -5.08. The average molecular weight is 589 g/mol. The van der Waals surface area contributed by atoms with Crippen LogP contribution in [0.1, 0.15) is 47.5 Å². The Morgan fingerprint density at radius 3 is 2.60 bits per heavy atom. The highest BCUT2D eigenvalue weighted by molar-refractivity contribution is 6.13. The molecule has 3 fully saturated rings. The number of hydrogen-bond acceptors (Lipinski definition) is 9. The number of amides is 4. The summed E-state index contributed by atoms with van der Waals surface area (Å²) in [5, 5.41) is 5.56.